The molecule has 3 nitrogen and oxygen atoms in total. The van der Waals surface area contributed by atoms with Crippen molar-refractivity contribution in [3.63, 3.8) is 0 Å². The van der Waals surface area contributed by atoms with Gasteiger partial charge in [0.25, 0.3) is 0 Å². The third-order valence-corrected chi connectivity index (χ3v) is 4.61. The molecule has 1 atom stereocenters. The molecule has 0 spiro atoms. The van der Waals surface area contributed by atoms with E-state index in [9.17, 15) is 5.11 Å². The van der Waals surface area contributed by atoms with Crippen LogP contribution in [-0.2, 0) is 0 Å². The molecule has 0 aliphatic rings. The third-order valence-electron chi connectivity index (χ3n) is 3.72. The smallest absolute Gasteiger partial charge is 0.119 e. The molecule has 0 fully saturated rings. The van der Waals surface area contributed by atoms with Crippen molar-refractivity contribution in [3.05, 3.63) is 46.4 Å². The number of thiazole rings is 1. The number of nitrogens with zero attached hydrogens (tertiary/aromatic N) is 1. The quantitative estimate of drug-likeness (QED) is 0.650. The average molecular weight is 319 g/mol. The van der Waals surface area contributed by atoms with Gasteiger partial charge in [0, 0.05) is 24.1 Å². The number of aliphatic hydroxyl groups excluding tert-OH is 1. The average Bonchev–Trinajstić information content (AvgIpc) is 3.07. The molecular formula is C18H25NO2S. The Morgan fingerprint density at radius 1 is 1.18 bits per heavy atom. The maximum absolute atomic E-state index is 9.29. The Labute approximate surface area is 137 Å². The van der Waals surface area contributed by atoms with Crippen molar-refractivity contribution in [2.75, 3.05) is 13.2 Å². The van der Waals surface area contributed by atoms with Crippen LogP contribution in [0, 0.1) is 0 Å². The van der Waals surface area contributed by atoms with Crippen LogP contribution in [0.5, 0.6) is 5.75 Å². The molecule has 1 unspecified atom stereocenters. The first kappa shape index (κ1) is 17.0. The van der Waals surface area contributed by atoms with Crippen LogP contribution in [0.2, 0.25) is 0 Å². The van der Waals surface area contributed by atoms with E-state index in [-0.39, 0.29) is 12.5 Å². The van der Waals surface area contributed by atoms with Crippen molar-refractivity contribution in [1.82, 2.24) is 4.98 Å². The lowest BCUT2D eigenvalue weighted by Gasteiger charge is -2.14. The maximum Gasteiger partial charge on any atom is 0.119 e. The zero-order valence-corrected chi connectivity index (χ0v) is 14.0. The maximum atomic E-state index is 9.29. The third kappa shape index (κ3) is 5.11. The Bertz CT molecular complexity index is 510. The SMILES string of the molecule is CCCCCCOc1ccc(C(CCO)c2nccs2)cc1. The number of unbranched alkanes of at least 4 members (excludes halogenated alkanes) is 3. The van der Waals surface area contributed by atoms with E-state index in [0.717, 1.165) is 23.8 Å². The number of ether oxygens (including phenoxy) is 1. The van der Waals surface area contributed by atoms with Crippen molar-refractivity contribution in [1.29, 1.82) is 0 Å². The monoisotopic (exact) mass is 319 g/mol. The van der Waals surface area contributed by atoms with E-state index >= 15 is 0 Å². The molecule has 120 valence electrons. The molecule has 0 amide bonds. The summed E-state index contributed by atoms with van der Waals surface area (Å²) in [5.41, 5.74) is 1.18. The second-order valence-corrected chi connectivity index (χ2v) is 6.34. The van der Waals surface area contributed by atoms with Crippen LogP contribution in [0.3, 0.4) is 0 Å². The summed E-state index contributed by atoms with van der Waals surface area (Å²) in [4.78, 5) is 4.39. The van der Waals surface area contributed by atoms with Crippen LogP contribution in [-0.4, -0.2) is 23.3 Å². The van der Waals surface area contributed by atoms with Crippen LogP contribution >= 0.6 is 11.3 Å². The number of hydrogen-bond donors (Lipinski definition) is 1. The van der Waals surface area contributed by atoms with E-state index in [2.05, 4.69) is 24.0 Å². The van der Waals surface area contributed by atoms with Crippen LogP contribution < -0.4 is 4.74 Å². The topological polar surface area (TPSA) is 42.4 Å². The van der Waals surface area contributed by atoms with Gasteiger partial charge in [-0.3, -0.25) is 0 Å². The van der Waals surface area contributed by atoms with E-state index in [1.165, 1.54) is 24.8 Å². The molecule has 0 saturated carbocycles. The summed E-state index contributed by atoms with van der Waals surface area (Å²) >= 11 is 1.64. The van der Waals surface area contributed by atoms with Gasteiger partial charge in [0.15, 0.2) is 0 Å². The second-order valence-electron chi connectivity index (χ2n) is 5.41. The van der Waals surface area contributed by atoms with Crippen molar-refractivity contribution in [2.45, 2.75) is 44.9 Å². The first-order valence-electron chi connectivity index (χ1n) is 8.08. The van der Waals surface area contributed by atoms with Gasteiger partial charge < -0.3 is 9.84 Å². The summed E-state index contributed by atoms with van der Waals surface area (Å²) in [6, 6.07) is 8.21. The minimum absolute atomic E-state index is 0.167. The molecule has 22 heavy (non-hydrogen) atoms. The van der Waals surface area contributed by atoms with E-state index in [4.69, 9.17) is 4.74 Å². The number of benzene rings is 1. The summed E-state index contributed by atoms with van der Waals surface area (Å²) < 4.78 is 5.78. The van der Waals surface area contributed by atoms with Crippen LogP contribution in [0.4, 0.5) is 0 Å². The van der Waals surface area contributed by atoms with Crippen molar-refractivity contribution in [2.24, 2.45) is 0 Å². The Kier molecular flexibility index (Phi) is 7.40. The van der Waals surface area contributed by atoms with Crippen LogP contribution in [0.1, 0.15) is 55.5 Å². The Morgan fingerprint density at radius 2 is 2.00 bits per heavy atom. The molecular weight excluding hydrogens is 294 g/mol. The molecule has 1 aromatic carbocycles. The Morgan fingerprint density at radius 3 is 2.64 bits per heavy atom. The van der Waals surface area contributed by atoms with Crippen LogP contribution in [0.25, 0.3) is 0 Å². The lowest BCUT2D eigenvalue weighted by Crippen LogP contribution is -2.03. The van der Waals surface area contributed by atoms with Gasteiger partial charge in [-0.15, -0.1) is 11.3 Å². The van der Waals surface area contributed by atoms with Gasteiger partial charge in [-0.05, 0) is 30.5 Å². The second kappa shape index (κ2) is 9.59. The van der Waals surface area contributed by atoms with Gasteiger partial charge in [0.1, 0.15) is 10.8 Å². The molecule has 0 saturated heterocycles. The molecule has 0 radical (unpaired) electrons. The standard InChI is InChI=1S/C18H25NO2S/c1-2-3-4-5-13-21-16-8-6-15(7-9-16)17(10-12-20)18-19-11-14-22-18/h6-9,11,14,17,20H,2-5,10,12-13H2,1H3. The number of rotatable bonds is 10. The minimum Gasteiger partial charge on any atom is -0.494 e. The van der Waals surface area contributed by atoms with Gasteiger partial charge in [-0.25, -0.2) is 4.98 Å². The molecule has 2 rings (SSSR count). The Balaban J connectivity index is 1.92. The lowest BCUT2D eigenvalue weighted by molar-refractivity contribution is 0.281. The van der Waals surface area contributed by atoms with Gasteiger partial charge in [0.2, 0.25) is 0 Å². The van der Waals surface area contributed by atoms with E-state index in [1.807, 2.05) is 23.7 Å². The fraction of sp³-hybridized carbons (Fsp3) is 0.500. The molecule has 1 heterocycles. The van der Waals surface area contributed by atoms with Crippen molar-refractivity contribution in [3.8, 4) is 5.75 Å². The zero-order valence-electron chi connectivity index (χ0n) is 13.2. The van der Waals surface area contributed by atoms with Gasteiger partial charge in [-0.1, -0.05) is 38.3 Å². The predicted octanol–water partition coefficient (Wildman–Crippen LogP) is 4.62. The largest absolute Gasteiger partial charge is 0.494 e. The summed E-state index contributed by atoms with van der Waals surface area (Å²) in [5.74, 6) is 1.09. The van der Waals surface area contributed by atoms with E-state index in [0.29, 0.717) is 6.42 Å². The fourth-order valence-electron chi connectivity index (χ4n) is 2.48. The van der Waals surface area contributed by atoms with Gasteiger partial charge in [0.05, 0.1) is 6.61 Å². The van der Waals surface area contributed by atoms with Gasteiger partial charge in [-0.2, -0.15) is 0 Å². The first-order valence-corrected chi connectivity index (χ1v) is 8.96. The highest BCUT2D eigenvalue weighted by Crippen LogP contribution is 2.30. The highest BCUT2D eigenvalue weighted by Gasteiger charge is 2.16. The zero-order chi connectivity index (χ0) is 15.6. The molecule has 1 N–H and O–H groups in total. The fourth-order valence-corrected chi connectivity index (χ4v) is 3.28. The lowest BCUT2D eigenvalue weighted by atomic mass is 9.96. The molecule has 0 aliphatic heterocycles. The minimum atomic E-state index is 0.167. The van der Waals surface area contributed by atoms with Crippen molar-refractivity contribution >= 4 is 11.3 Å². The van der Waals surface area contributed by atoms with Gasteiger partial charge >= 0.3 is 0 Å². The van der Waals surface area contributed by atoms with E-state index < -0.39 is 0 Å². The van der Waals surface area contributed by atoms with Crippen molar-refractivity contribution < 1.29 is 9.84 Å². The molecule has 1 aromatic heterocycles. The summed E-state index contributed by atoms with van der Waals surface area (Å²) in [6.07, 6.45) is 7.39. The highest BCUT2D eigenvalue weighted by atomic mass is 32.1. The summed E-state index contributed by atoms with van der Waals surface area (Å²) in [6.45, 7) is 3.16. The molecule has 4 heteroatoms. The number of hydrogen-bond acceptors (Lipinski definition) is 4. The molecule has 2 aromatic rings. The molecule has 0 aliphatic carbocycles. The van der Waals surface area contributed by atoms with E-state index in [1.54, 1.807) is 11.3 Å². The number of aromatic nitrogens is 1. The van der Waals surface area contributed by atoms with Crippen LogP contribution in [0.15, 0.2) is 35.8 Å². The predicted molar refractivity (Wildman–Crippen MR) is 91.7 cm³/mol. The summed E-state index contributed by atoms with van der Waals surface area (Å²) in [7, 11) is 0. The summed E-state index contributed by atoms with van der Waals surface area (Å²) in [5, 5.41) is 12.3. The first-order chi connectivity index (χ1) is 10.8. The molecule has 0 bridgehead atoms. The Hall–Kier alpha value is -1.39. The number of aliphatic hydroxyl groups is 1. The normalized spacial score (nSPS) is 12.3. The highest BCUT2D eigenvalue weighted by molar-refractivity contribution is 7.09.